The van der Waals surface area contributed by atoms with Gasteiger partial charge in [-0.2, -0.15) is 0 Å². The van der Waals surface area contributed by atoms with Crippen LogP contribution in [0.15, 0.2) is 78.9 Å². The Morgan fingerprint density at radius 3 is 1.58 bits per heavy atom. The van der Waals surface area contributed by atoms with E-state index in [-0.39, 0.29) is 5.56 Å². The molecule has 3 aromatic carbocycles. The molecule has 0 radical (unpaired) electrons. The highest BCUT2D eigenvalue weighted by Gasteiger charge is 2.24. The average Bonchev–Trinajstić information content (AvgIpc) is 2.78. The maximum atomic E-state index is 12.9. The van der Waals surface area contributed by atoms with Crippen molar-refractivity contribution in [3.05, 3.63) is 116 Å². The normalized spacial score (nSPS) is 10.4. The van der Waals surface area contributed by atoms with Gasteiger partial charge in [-0.15, -0.1) is 0 Å². The zero-order valence-corrected chi connectivity index (χ0v) is 15.9. The first-order valence-corrected chi connectivity index (χ1v) is 9.01. The molecule has 0 aliphatic carbocycles. The molecule has 0 unspecified atom stereocenters. The molecule has 2 N–H and O–H groups in total. The van der Waals surface area contributed by atoms with Crippen molar-refractivity contribution in [3.8, 4) is 0 Å². The molecule has 156 valence electrons. The van der Waals surface area contributed by atoms with Gasteiger partial charge in [-0.3, -0.25) is 40.7 Å². The van der Waals surface area contributed by atoms with Crippen LogP contribution >= 0.6 is 0 Å². The standard InChI is InChI=1S/C21H16N4O6/c26-20(16-11-17(24(28)29)13-18(12-16)25(30)31)22-23-21(27)19(14-7-3-1-4-8-14)15-9-5-2-6-10-15/h1-13,19H,(H,22,26)(H,23,27). The number of hydrogen-bond acceptors (Lipinski definition) is 6. The van der Waals surface area contributed by atoms with E-state index in [1.807, 2.05) is 0 Å². The van der Waals surface area contributed by atoms with Crippen LogP contribution in [0.3, 0.4) is 0 Å². The fourth-order valence-electron chi connectivity index (χ4n) is 2.99. The summed E-state index contributed by atoms with van der Waals surface area (Å²) in [5.41, 5.74) is 4.27. The van der Waals surface area contributed by atoms with Gasteiger partial charge in [0, 0.05) is 12.1 Å². The molecule has 3 rings (SSSR count). The molecule has 0 aliphatic rings. The minimum atomic E-state index is -0.931. The Bertz CT molecular complexity index is 1060. The van der Waals surface area contributed by atoms with Gasteiger partial charge < -0.3 is 0 Å². The molecule has 0 saturated heterocycles. The number of nitrogens with zero attached hydrogens (tertiary/aromatic N) is 2. The molecule has 31 heavy (non-hydrogen) atoms. The fraction of sp³-hybridized carbons (Fsp3) is 0.0476. The minimum absolute atomic E-state index is 0.336. The zero-order valence-electron chi connectivity index (χ0n) is 15.9. The van der Waals surface area contributed by atoms with Gasteiger partial charge >= 0.3 is 0 Å². The van der Waals surface area contributed by atoms with Gasteiger partial charge in [0.15, 0.2) is 0 Å². The zero-order chi connectivity index (χ0) is 22.4. The number of non-ortho nitro benzene ring substituents is 2. The number of amides is 2. The Balaban J connectivity index is 1.82. The van der Waals surface area contributed by atoms with Crippen LogP contribution in [0.4, 0.5) is 11.4 Å². The van der Waals surface area contributed by atoms with Crippen LogP contribution < -0.4 is 10.9 Å². The summed E-state index contributed by atoms with van der Waals surface area (Å²) in [4.78, 5) is 45.6. The number of hydrazine groups is 1. The van der Waals surface area contributed by atoms with E-state index in [4.69, 9.17) is 0 Å². The Kier molecular flexibility index (Phi) is 6.31. The molecule has 0 fully saturated rings. The van der Waals surface area contributed by atoms with E-state index < -0.39 is 39.0 Å². The second-order valence-electron chi connectivity index (χ2n) is 6.45. The van der Waals surface area contributed by atoms with Crippen molar-refractivity contribution in [2.75, 3.05) is 0 Å². The predicted molar refractivity (Wildman–Crippen MR) is 110 cm³/mol. The summed E-state index contributed by atoms with van der Waals surface area (Å²) >= 11 is 0. The predicted octanol–water partition coefficient (Wildman–Crippen LogP) is 3.10. The molecule has 0 saturated carbocycles. The molecule has 0 atom stereocenters. The first-order chi connectivity index (χ1) is 14.9. The maximum absolute atomic E-state index is 12.9. The number of rotatable bonds is 6. The third kappa shape index (κ3) is 5.07. The fourth-order valence-corrected chi connectivity index (χ4v) is 2.99. The van der Waals surface area contributed by atoms with Gasteiger partial charge in [0.2, 0.25) is 5.91 Å². The summed E-state index contributed by atoms with van der Waals surface area (Å²) in [6, 6.07) is 20.3. The van der Waals surface area contributed by atoms with Gasteiger partial charge in [-0.05, 0) is 11.1 Å². The molecule has 10 nitrogen and oxygen atoms in total. The number of hydrogen-bond donors (Lipinski definition) is 2. The van der Waals surface area contributed by atoms with Gasteiger partial charge in [0.25, 0.3) is 17.3 Å². The number of benzene rings is 3. The lowest BCUT2D eigenvalue weighted by Crippen LogP contribution is -2.44. The lowest BCUT2D eigenvalue weighted by Gasteiger charge is -2.18. The van der Waals surface area contributed by atoms with E-state index in [0.717, 1.165) is 18.2 Å². The molecule has 0 aliphatic heterocycles. The molecule has 3 aromatic rings. The van der Waals surface area contributed by atoms with Crippen molar-refractivity contribution >= 4 is 23.2 Å². The summed E-state index contributed by atoms with van der Waals surface area (Å²) in [5.74, 6) is -2.21. The molecule has 10 heteroatoms. The van der Waals surface area contributed by atoms with Gasteiger partial charge in [-0.25, -0.2) is 0 Å². The van der Waals surface area contributed by atoms with Crippen molar-refractivity contribution in [1.29, 1.82) is 0 Å². The quantitative estimate of drug-likeness (QED) is 0.463. The Morgan fingerprint density at radius 2 is 1.16 bits per heavy atom. The van der Waals surface area contributed by atoms with Crippen molar-refractivity contribution < 1.29 is 19.4 Å². The van der Waals surface area contributed by atoms with Crippen molar-refractivity contribution in [2.24, 2.45) is 0 Å². The molecule has 0 spiro atoms. The highest BCUT2D eigenvalue weighted by Crippen LogP contribution is 2.25. The Labute approximate surface area is 175 Å². The van der Waals surface area contributed by atoms with Crippen LogP contribution in [0.5, 0.6) is 0 Å². The number of carbonyl (C=O) groups excluding carboxylic acids is 2. The smallest absolute Gasteiger partial charge is 0.272 e. The number of nitro benzene ring substituents is 2. The van der Waals surface area contributed by atoms with Crippen LogP contribution in [0.2, 0.25) is 0 Å². The monoisotopic (exact) mass is 420 g/mol. The van der Waals surface area contributed by atoms with Gasteiger partial charge in [0.1, 0.15) is 0 Å². The van der Waals surface area contributed by atoms with Crippen LogP contribution in [0.25, 0.3) is 0 Å². The third-order valence-electron chi connectivity index (χ3n) is 4.41. The highest BCUT2D eigenvalue weighted by atomic mass is 16.6. The van der Waals surface area contributed by atoms with E-state index in [9.17, 15) is 29.8 Å². The van der Waals surface area contributed by atoms with Crippen molar-refractivity contribution in [1.82, 2.24) is 10.9 Å². The Morgan fingerprint density at radius 1 is 0.710 bits per heavy atom. The van der Waals surface area contributed by atoms with E-state index in [2.05, 4.69) is 10.9 Å². The number of carbonyl (C=O) groups is 2. The van der Waals surface area contributed by atoms with E-state index in [0.29, 0.717) is 11.1 Å². The van der Waals surface area contributed by atoms with Gasteiger partial charge in [0.05, 0.1) is 27.4 Å². The largest absolute Gasteiger partial charge is 0.277 e. The molecule has 0 bridgehead atoms. The Hall–Kier alpha value is -4.60. The second kappa shape index (κ2) is 9.27. The molecule has 0 heterocycles. The van der Waals surface area contributed by atoms with Crippen molar-refractivity contribution in [2.45, 2.75) is 5.92 Å². The van der Waals surface area contributed by atoms with Gasteiger partial charge in [-0.1, -0.05) is 60.7 Å². The van der Waals surface area contributed by atoms with Crippen LogP contribution in [0.1, 0.15) is 27.4 Å². The first kappa shape index (κ1) is 21.1. The average molecular weight is 420 g/mol. The maximum Gasteiger partial charge on any atom is 0.277 e. The lowest BCUT2D eigenvalue weighted by molar-refractivity contribution is -0.394. The topological polar surface area (TPSA) is 144 Å². The van der Waals surface area contributed by atoms with E-state index >= 15 is 0 Å². The SMILES string of the molecule is O=C(NNC(=O)C(c1ccccc1)c1ccccc1)c1cc([N+](=O)[O-])cc([N+](=O)[O-])c1. The van der Waals surface area contributed by atoms with Crippen LogP contribution in [0, 0.1) is 20.2 Å². The third-order valence-corrected chi connectivity index (χ3v) is 4.41. The van der Waals surface area contributed by atoms with E-state index in [1.54, 1.807) is 60.7 Å². The number of nitrogens with one attached hydrogen (secondary N) is 2. The van der Waals surface area contributed by atoms with Crippen molar-refractivity contribution in [3.63, 3.8) is 0 Å². The van der Waals surface area contributed by atoms with Crippen LogP contribution in [-0.4, -0.2) is 21.7 Å². The minimum Gasteiger partial charge on any atom is -0.272 e. The van der Waals surface area contributed by atoms with Crippen LogP contribution in [-0.2, 0) is 4.79 Å². The highest BCUT2D eigenvalue weighted by molar-refractivity contribution is 5.97. The molecular weight excluding hydrogens is 404 g/mol. The summed E-state index contributed by atoms with van der Waals surface area (Å²) in [5, 5.41) is 22.0. The first-order valence-electron chi connectivity index (χ1n) is 9.01. The summed E-state index contributed by atoms with van der Waals surface area (Å²) in [6.07, 6.45) is 0. The second-order valence-corrected chi connectivity index (χ2v) is 6.45. The van der Waals surface area contributed by atoms with E-state index in [1.165, 1.54) is 0 Å². The molecular formula is C21H16N4O6. The molecule has 0 aromatic heterocycles. The number of nitro groups is 2. The summed E-state index contributed by atoms with van der Waals surface area (Å²) in [6.45, 7) is 0. The summed E-state index contributed by atoms with van der Waals surface area (Å²) < 4.78 is 0. The summed E-state index contributed by atoms with van der Waals surface area (Å²) in [7, 11) is 0. The molecule has 2 amide bonds. The lowest BCUT2D eigenvalue weighted by atomic mass is 9.91.